The van der Waals surface area contributed by atoms with Gasteiger partial charge in [-0.2, -0.15) is 13.2 Å². The minimum Gasteiger partial charge on any atom is -0.507 e. The largest absolute Gasteiger partial charge is 0.507 e. The summed E-state index contributed by atoms with van der Waals surface area (Å²) >= 11 is 0.682. The van der Waals surface area contributed by atoms with Crippen molar-refractivity contribution in [3.63, 3.8) is 0 Å². The Kier molecular flexibility index (Phi) is 5.29. The lowest BCUT2D eigenvalue weighted by Gasteiger charge is -2.25. The van der Waals surface area contributed by atoms with E-state index < -0.39 is 28.6 Å². The molecule has 5 nitrogen and oxygen atoms in total. The molecule has 1 unspecified atom stereocenters. The summed E-state index contributed by atoms with van der Waals surface area (Å²) in [4.78, 5) is 25.6. The first kappa shape index (κ1) is 18.8. The summed E-state index contributed by atoms with van der Waals surface area (Å²) < 4.78 is 44.2. The van der Waals surface area contributed by atoms with Crippen LogP contribution in [-0.4, -0.2) is 40.4 Å². The number of alkyl halides is 3. The zero-order valence-corrected chi connectivity index (χ0v) is 14.4. The van der Waals surface area contributed by atoms with Crippen molar-refractivity contribution in [1.29, 1.82) is 0 Å². The number of ether oxygens (including phenoxy) is 1. The van der Waals surface area contributed by atoms with E-state index in [0.29, 0.717) is 18.4 Å². The van der Waals surface area contributed by atoms with Gasteiger partial charge in [-0.25, -0.2) is 0 Å². The summed E-state index contributed by atoms with van der Waals surface area (Å²) in [5.41, 5.74) is -1.12. The van der Waals surface area contributed by atoms with E-state index >= 15 is 0 Å². The highest BCUT2D eigenvalue weighted by atomic mass is 32.2. The smallest absolute Gasteiger partial charge is 0.419 e. The second-order valence-electron chi connectivity index (χ2n) is 6.06. The van der Waals surface area contributed by atoms with Gasteiger partial charge in [-0.15, -0.1) is 0 Å². The molecule has 26 heavy (non-hydrogen) atoms. The third-order valence-electron chi connectivity index (χ3n) is 4.16. The molecule has 9 heteroatoms. The van der Waals surface area contributed by atoms with E-state index in [2.05, 4.69) is 0 Å². The van der Waals surface area contributed by atoms with Gasteiger partial charge in [-0.05, 0) is 54.8 Å². The lowest BCUT2D eigenvalue weighted by Crippen LogP contribution is -2.38. The lowest BCUT2D eigenvalue weighted by molar-refractivity contribution is -0.138. The molecule has 0 aliphatic carbocycles. The molecule has 0 spiro atoms. The Labute approximate surface area is 151 Å². The highest BCUT2D eigenvalue weighted by molar-refractivity contribution is 8.18. The molecule has 2 saturated heterocycles. The van der Waals surface area contributed by atoms with E-state index in [0.717, 1.165) is 36.3 Å². The van der Waals surface area contributed by atoms with E-state index in [1.54, 1.807) is 0 Å². The van der Waals surface area contributed by atoms with Gasteiger partial charge in [0, 0.05) is 6.61 Å². The van der Waals surface area contributed by atoms with Gasteiger partial charge in [0.2, 0.25) is 0 Å². The predicted molar refractivity (Wildman–Crippen MR) is 89.4 cm³/mol. The summed E-state index contributed by atoms with van der Waals surface area (Å²) in [6.45, 7) is 0.732. The number of carbonyl (C=O) groups excluding carboxylic acids is 2. The molecule has 2 amide bonds. The van der Waals surface area contributed by atoms with Gasteiger partial charge in [0.1, 0.15) is 5.75 Å². The van der Waals surface area contributed by atoms with Crippen molar-refractivity contribution in [2.24, 2.45) is 0 Å². The van der Waals surface area contributed by atoms with Crippen LogP contribution in [0.3, 0.4) is 0 Å². The van der Waals surface area contributed by atoms with E-state index in [4.69, 9.17) is 4.74 Å². The van der Waals surface area contributed by atoms with Crippen LogP contribution in [0.25, 0.3) is 6.08 Å². The zero-order chi connectivity index (χ0) is 18.9. The topological polar surface area (TPSA) is 66.8 Å². The number of carbonyl (C=O) groups is 2. The molecule has 2 heterocycles. The predicted octanol–water partition coefficient (Wildman–Crippen LogP) is 4.02. The van der Waals surface area contributed by atoms with Gasteiger partial charge in [0.05, 0.1) is 23.1 Å². The van der Waals surface area contributed by atoms with Gasteiger partial charge >= 0.3 is 6.18 Å². The van der Waals surface area contributed by atoms with Crippen LogP contribution in [0.4, 0.5) is 18.0 Å². The monoisotopic (exact) mass is 387 g/mol. The first-order valence-corrected chi connectivity index (χ1v) is 8.84. The highest BCUT2D eigenvalue weighted by Crippen LogP contribution is 2.38. The van der Waals surface area contributed by atoms with Gasteiger partial charge in [0.15, 0.2) is 0 Å². The summed E-state index contributed by atoms with van der Waals surface area (Å²) in [5.74, 6) is -1.44. The minimum atomic E-state index is -4.72. The Balaban J connectivity index is 1.79. The van der Waals surface area contributed by atoms with Crippen LogP contribution < -0.4 is 0 Å². The van der Waals surface area contributed by atoms with Crippen molar-refractivity contribution in [1.82, 2.24) is 4.90 Å². The molecule has 0 aromatic heterocycles. The summed E-state index contributed by atoms with van der Waals surface area (Å²) in [5, 5.41) is 8.89. The lowest BCUT2D eigenvalue weighted by atomic mass is 10.1. The number of imide groups is 1. The van der Waals surface area contributed by atoms with Crippen LogP contribution in [0.5, 0.6) is 5.75 Å². The van der Waals surface area contributed by atoms with Crippen LogP contribution in [-0.2, 0) is 15.7 Å². The van der Waals surface area contributed by atoms with Gasteiger partial charge in [-0.1, -0.05) is 6.07 Å². The van der Waals surface area contributed by atoms with E-state index in [1.165, 1.54) is 12.1 Å². The molecule has 1 aromatic carbocycles. The molecule has 2 aliphatic rings. The average Bonchev–Trinajstić information content (AvgIpc) is 2.84. The van der Waals surface area contributed by atoms with Crippen molar-refractivity contribution in [3.05, 3.63) is 34.2 Å². The number of hydrogen-bond acceptors (Lipinski definition) is 5. The standard InChI is InChI=1S/C17H16F3NO4S/c18-17(19,20)12-7-10(4-5-13(12)22)8-14-15(23)21(16(24)26-14)9-11-3-1-2-6-25-11/h4-5,7-8,11,22H,1-3,6,9H2/b14-8-. The zero-order valence-electron chi connectivity index (χ0n) is 13.6. The van der Waals surface area contributed by atoms with Crippen LogP contribution >= 0.6 is 11.8 Å². The maximum Gasteiger partial charge on any atom is 0.419 e. The molecule has 1 atom stereocenters. The third-order valence-corrected chi connectivity index (χ3v) is 5.06. The summed E-state index contributed by atoms with van der Waals surface area (Å²) in [6.07, 6.45) is -1.03. The Morgan fingerprint density at radius 2 is 2.08 bits per heavy atom. The Bertz CT molecular complexity index is 757. The van der Waals surface area contributed by atoms with Crippen LogP contribution in [0.1, 0.15) is 30.4 Å². The van der Waals surface area contributed by atoms with E-state index in [1.807, 2.05) is 0 Å². The summed E-state index contributed by atoms with van der Waals surface area (Å²) in [6, 6.07) is 2.91. The molecule has 3 rings (SSSR count). The van der Waals surface area contributed by atoms with Gasteiger partial charge in [0.25, 0.3) is 11.1 Å². The van der Waals surface area contributed by atoms with Crippen molar-refractivity contribution < 1.29 is 32.6 Å². The van der Waals surface area contributed by atoms with Crippen molar-refractivity contribution in [2.75, 3.05) is 13.2 Å². The molecule has 1 N–H and O–H groups in total. The quantitative estimate of drug-likeness (QED) is 0.794. The number of aromatic hydroxyl groups is 1. The second kappa shape index (κ2) is 7.32. The van der Waals surface area contributed by atoms with Crippen molar-refractivity contribution >= 4 is 29.0 Å². The molecular weight excluding hydrogens is 371 g/mol. The van der Waals surface area contributed by atoms with Gasteiger partial charge < -0.3 is 9.84 Å². The van der Waals surface area contributed by atoms with E-state index in [9.17, 15) is 27.9 Å². The van der Waals surface area contributed by atoms with Crippen LogP contribution in [0.15, 0.2) is 23.1 Å². The Hall–Kier alpha value is -2.00. The first-order valence-electron chi connectivity index (χ1n) is 8.03. The fraction of sp³-hybridized carbons (Fsp3) is 0.412. The Morgan fingerprint density at radius 3 is 2.73 bits per heavy atom. The Morgan fingerprint density at radius 1 is 1.31 bits per heavy atom. The number of amides is 2. The fourth-order valence-electron chi connectivity index (χ4n) is 2.83. The van der Waals surface area contributed by atoms with Crippen molar-refractivity contribution in [3.8, 4) is 5.75 Å². The molecule has 0 radical (unpaired) electrons. The van der Waals surface area contributed by atoms with E-state index in [-0.39, 0.29) is 23.1 Å². The molecule has 2 fully saturated rings. The summed E-state index contributed by atoms with van der Waals surface area (Å²) in [7, 11) is 0. The molecular formula is C17H16F3NO4S. The molecule has 140 valence electrons. The second-order valence-corrected chi connectivity index (χ2v) is 7.05. The normalized spacial score (nSPS) is 23.1. The number of nitrogens with zero attached hydrogens (tertiary/aromatic N) is 1. The molecule has 0 bridgehead atoms. The number of thioether (sulfide) groups is 1. The fourth-order valence-corrected chi connectivity index (χ4v) is 3.68. The maximum atomic E-state index is 12.9. The maximum absolute atomic E-state index is 12.9. The molecule has 2 aliphatic heterocycles. The number of phenolic OH excluding ortho intramolecular Hbond substituents is 1. The third kappa shape index (κ3) is 4.04. The SMILES string of the molecule is O=C1S/C(=C\c2ccc(O)c(C(F)(F)F)c2)C(=O)N1CC1CCCCO1. The average molecular weight is 387 g/mol. The van der Waals surface area contributed by atoms with Gasteiger partial charge in [-0.3, -0.25) is 14.5 Å². The number of benzene rings is 1. The number of halogens is 3. The minimum absolute atomic E-state index is 0.0459. The molecule has 0 saturated carbocycles. The number of phenols is 1. The molecule has 1 aromatic rings. The first-order chi connectivity index (χ1) is 12.3. The van der Waals surface area contributed by atoms with Crippen molar-refractivity contribution in [2.45, 2.75) is 31.5 Å². The van der Waals surface area contributed by atoms with Crippen LogP contribution in [0, 0.1) is 0 Å². The number of rotatable bonds is 3. The van der Waals surface area contributed by atoms with Crippen LogP contribution in [0.2, 0.25) is 0 Å². The highest BCUT2D eigenvalue weighted by Gasteiger charge is 2.37. The number of hydrogen-bond donors (Lipinski definition) is 1.